The molecule has 106 valence electrons. The van der Waals surface area contributed by atoms with Crippen LogP contribution in [0.2, 0.25) is 0 Å². The van der Waals surface area contributed by atoms with Crippen LogP contribution in [-0.2, 0) is 0 Å². The van der Waals surface area contributed by atoms with Crippen molar-refractivity contribution < 1.29 is 9.47 Å². The molecule has 0 aliphatic carbocycles. The van der Waals surface area contributed by atoms with Crippen LogP contribution in [-0.4, -0.2) is 19.1 Å². The Labute approximate surface area is 129 Å². The Morgan fingerprint density at radius 2 is 1.50 bits per heavy atom. The summed E-state index contributed by atoms with van der Waals surface area (Å²) in [5.41, 5.74) is 1.99. The van der Waals surface area contributed by atoms with Crippen molar-refractivity contribution in [3.05, 3.63) is 59.7 Å². The summed E-state index contributed by atoms with van der Waals surface area (Å²) in [4.78, 5) is -0.570. The van der Waals surface area contributed by atoms with Crippen LogP contribution in [0.3, 0.4) is 0 Å². The van der Waals surface area contributed by atoms with E-state index in [2.05, 4.69) is 0 Å². The van der Waals surface area contributed by atoms with Gasteiger partial charge >= 0.3 is 0 Å². The summed E-state index contributed by atoms with van der Waals surface area (Å²) in [5, 5.41) is 0. The van der Waals surface area contributed by atoms with Gasteiger partial charge in [0.05, 0.1) is 14.2 Å². The number of hydrogen-bond donors (Lipinski definition) is 0. The van der Waals surface area contributed by atoms with Crippen LogP contribution in [0.1, 0.15) is 17.0 Å². The number of rotatable bonds is 5. The topological polar surface area (TPSA) is 18.5 Å². The van der Waals surface area contributed by atoms with Crippen molar-refractivity contribution in [3.8, 4) is 11.5 Å². The summed E-state index contributed by atoms with van der Waals surface area (Å²) in [7, 11) is 3.28. The Balaban J connectivity index is 2.45. The van der Waals surface area contributed by atoms with Gasteiger partial charge < -0.3 is 9.47 Å². The maximum atomic E-state index is 6.19. The lowest BCUT2D eigenvalue weighted by molar-refractivity contribution is 0.408. The van der Waals surface area contributed by atoms with E-state index in [9.17, 15) is 0 Å². The summed E-state index contributed by atoms with van der Waals surface area (Å²) in [5.74, 6) is 1.42. The molecule has 0 N–H and O–H groups in total. The van der Waals surface area contributed by atoms with E-state index in [1.807, 2.05) is 48.5 Å². The second-order valence-electron chi connectivity index (χ2n) is 4.33. The average Bonchev–Trinajstić information content (AvgIpc) is 2.48. The van der Waals surface area contributed by atoms with E-state index < -0.39 is 4.84 Å². The predicted molar refractivity (Wildman–Crippen MR) is 83.3 cm³/mol. The van der Waals surface area contributed by atoms with Crippen LogP contribution in [0.25, 0.3) is 0 Å². The lowest BCUT2D eigenvalue weighted by Gasteiger charge is -2.21. The molecule has 0 saturated carbocycles. The van der Waals surface area contributed by atoms with Crippen LogP contribution in [0.4, 0.5) is 0 Å². The molecule has 0 saturated heterocycles. The minimum Gasteiger partial charge on any atom is -0.497 e. The second-order valence-corrected chi connectivity index (χ2v) is 5.49. The van der Waals surface area contributed by atoms with Crippen molar-refractivity contribution in [1.29, 1.82) is 0 Å². The van der Waals surface area contributed by atoms with Gasteiger partial charge in [0, 0.05) is 11.5 Å². The van der Waals surface area contributed by atoms with Crippen LogP contribution in [0.15, 0.2) is 48.5 Å². The molecule has 0 heterocycles. The Hall–Kier alpha value is -1.38. The molecular weight excluding hydrogens is 295 g/mol. The number of hydrogen-bond acceptors (Lipinski definition) is 2. The van der Waals surface area contributed by atoms with E-state index in [1.165, 1.54) is 0 Å². The minimum absolute atomic E-state index is 0.152. The smallest absolute Gasteiger partial charge is 0.122 e. The molecule has 0 spiro atoms. The number of methoxy groups -OCH3 is 2. The molecule has 0 radical (unpaired) electrons. The Morgan fingerprint density at radius 3 is 2.05 bits per heavy atom. The molecule has 0 aliphatic heterocycles. The first-order chi connectivity index (χ1) is 9.67. The molecule has 0 bridgehead atoms. The highest BCUT2D eigenvalue weighted by molar-refractivity contribution is 6.45. The first-order valence-corrected chi connectivity index (χ1v) is 7.09. The summed E-state index contributed by atoms with van der Waals surface area (Å²) < 4.78 is 10.6. The Morgan fingerprint density at radius 1 is 0.850 bits per heavy atom. The van der Waals surface area contributed by atoms with E-state index in [0.29, 0.717) is 0 Å². The van der Waals surface area contributed by atoms with Gasteiger partial charge in [0.1, 0.15) is 16.3 Å². The zero-order valence-electron chi connectivity index (χ0n) is 11.3. The van der Waals surface area contributed by atoms with Gasteiger partial charge in [0.15, 0.2) is 0 Å². The van der Waals surface area contributed by atoms with Crippen LogP contribution in [0, 0.1) is 0 Å². The quantitative estimate of drug-likeness (QED) is 0.749. The van der Waals surface area contributed by atoms with Crippen molar-refractivity contribution in [2.24, 2.45) is 0 Å². The van der Waals surface area contributed by atoms with Crippen molar-refractivity contribution in [1.82, 2.24) is 0 Å². The van der Waals surface area contributed by atoms with E-state index in [4.69, 9.17) is 32.7 Å². The fourth-order valence-corrected chi connectivity index (χ4v) is 2.76. The van der Waals surface area contributed by atoms with Gasteiger partial charge in [-0.15, -0.1) is 23.2 Å². The highest BCUT2D eigenvalue weighted by atomic mass is 35.5. The molecule has 0 aliphatic rings. The Kier molecular flexibility index (Phi) is 5.16. The molecule has 2 aromatic rings. The number of ether oxygens (including phenoxy) is 2. The molecule has 4 heteroatoms. The normalized spacial score (nSPS) is 12.2. The maximum Gasteiger partial charge on any atom is 0.122 e. The molecule has 2 nitrogen and oxygen atoms in total. The van der Waals surface area contributed by atoms with Crippen LogP contribution < -0.4 is 9.47 Å². The molecule has 1 atom stereocenters. The van der Waals surface area contributed by atoms with Crippen molar-refractivity contribution in [2.75, 3.05) is 14.2 Å². The molecule has 1 unspecified atom stereocenters. The third-order valence-corrected chi connectivity index (χ3v) is 3.70. The zero-order chi connectivity index (χ0) is 14.5. The van der Waals surface area contributed by atoms with Crippen LogP contribution in [0.5, 0.6) is 11.5 Å². The predicted octanol–water partition coefficient (Wildman–Crippen LogP) is 4.64. The third-order valence-electron chi connectivity index (χ3n) is 3.20. The van der Waals surface area contributed by atoms with Gasteiger partial charge in [0.2, 0.25) is 0 Å². The average molecular weight is 311 g/mol. The van der Waals surface area contributed by atoms with Gasteiger partial charge in [-0.25, -0.2) is 0 Å². The lowest BCUT2D eigenvalue weighted by Crippen LogP contribution is -2.10. The van der Waals surface area contributed by atoms with Crippen molar-refractivity contribution in [3.63, 3.8) is 0 Å². The lowest BCUT2D eigenvalue weighted by atomic mass is 9.92. The maximum absolute atomic E-state index is 6.19. The van der Waals surface area contributed by atoms with E-state index in [0.717, 1.165) is 22.6 Å². The Bertz CT molecular complexity index is 553. The molecule has 2 rings (SSSR count). The van der Waals surface area contributed by atoms with Gasteiger partial charge in [-0.1, -0.05) is 30.3 Å². The number of benzene rings is 2. The highest BCUT2D eigenvalue weighted by Crippen LogP contribution is 2.38. The van der Waals surface area contributed by atoms with Gasteiger partial charge in [-0.2, -0.15) is 0 Å². The fraction of sp³-hybridized carbons (Fsp3) is 0.250. The van der Waals surface area contributed by atoms with E-state index in [-0.39, 0.29) is 5.92 Å². The molecule has 0 amide bonds. The van der Waals surface area contributed by atoms with E-state index in [1.54, 1.807) is 14.2 Å². The second kappa shape index (κ2) is 6.87. The van der Waals surface area contributed by atoms with E-state index >= 15 is 0 Å². The standard InChI is InChI=1S/C16H16Cl2O2/c1-19-12-9-7-11(8-10-12)15(16(17)18)13-5-3-4-6-14(13)20-2/h3-10,15-16H,1-2H3. The molecule has 20 heavy (non-hydrogen) atoms. The first kappa shape index (κ1) is 15.0. The first-order valence-electron chi connectivity index (χ1n) is 6.22. The fourth-order valence-electron chi connectivity index (χ4n) is 2.20. The summed E-state index contributed by atoms with van der Waals surface area (Å²) in [6.45, 7) is 0. The summed E-state index contributed by atoms with van der Waals surface area (Å²) in [6, 6.07) is 15.5. The minimum atomic E-state index is -0.570. The summed E-state index contributed by atoms with van der Waals surface area (Å²) >= 11 is 12.4. The largest absolute Gasteiger partial charge is 0.497 e. The monoisotopic (exact) mass is 310 g/mol. The molecule has 2 aromatic carbocycles. The molecular formula is C16H16Cl2O2. The van der Waals surface area contributed by atoms with Crippen molar-refractivity contribution in [2.45, 2.75) is 10.8 Å². The zero-order valence-corrected chi connectivity index (χ0v) is 12.9. The SMILES string of the molecule is COc1ccc(C(c2ccccc2OC)C(Cl)Cl)cc1. The molecule has 0 fully saturated rings. The van der Waals surface area contributed by atoms with Gasteiger partial charge in [-0.05, 0) is 23.8 Å². The van der Waals surface area contributed by atoms with Crippen LogP contribution >= 0.6 is 23.2 Å². The number of halogens is 2. The van der Waals surface area contributed by atoms with Gasteiger partial charge in [0.25, 0.3) is 0 Å². The summed E-state index contributed by atoms with van der Waals surface area (Å²) in [6.07, 6.45) is 0. The van der Waals surface area contributed by atoms with Crippen molar-refractivity contribution >= 4 is 23.2 Å². The molecule has 0 aromatic heterocycles. The number of alkyl halides is 2. The van der Waals surface area contributed by atoms with Gasteiger partial charge in [-0.3, -0.25) is 0 Å². The highest BCUT2D eigenvalue weighted by Gasteiger charge is 2.24. The number of para-hydroxylation sites is 1. The third kappa shape index (κ3) is 3.20.